The fourth-order valence-electron chi connectivity index (χ4n) is 2.69. The lowest BCUT2D eigenvalue weighted by atomic mass is 9.75. The van der Waals surface area contributed by atoms with E-state index < -0.39 is 0 Å². The van der Waals surface area contributed by atoms with Crippen molar-refractivity contribution < 1.29 is 4.79 Å². The first-order valence-corrected chi connectivity index (χ1v) is 7.61. The summed E-state index contributed by atoms with van der Waals surface area (Å²) in [6, 6.07) is 9.29. The Bertz CT molecular complexity index is 812. The van der Waals surface area contributed by atoms with Crippen LogP contribution in [-0.4, -0.2) is 10.8 Å². The molecule has 0 aliphatic heterocycles. The molecule has 2 nitrogen and oxygen atoms in total. The summed E-state index contributed by atoms with van der Waals surface area (Å²) in [5.74, 6) is 6.23. The van der Waals surface area contributed by atoms with Gasteiger partial charge in [0.15, 0.2) is 5.78 Å². The molecular weight excluding hydrogens is 294 g/mol. The van der Waals surface area contributed by atoms with Gasteiger partial charge in [-0.2, -0.15) is 0 Å². The fourth-order valence-corrected chi connectivity index (χ4v) is 2.87. The summed E-state index contributed by atoms with van der Waals surface area (Å²) < 4.78 is 0. The summed E-state index contributed by atoms with van der Waals surface area (Å²) in [7, 11) is 0. The van der Waals surface area contributed by atoms with Crippen LogP contribution in [0.15, 0.2) is 36.5 Å². The molecule has 1 heterocycles. The third-order valence-corrected chi connectivity index (χ3v) is 4.10. The Balaban J connectivity index is 1.95. The SMILES string of the molecule is CC1(C)CC(=O)c2cc(C#Cc3ccccc3Cl)cnc2C1. The molecule has 1 aliphatic rings. The zero-order valence-corrected chi connectivity index (χ0v) is 13.4. The first-order valence-electron chi connectivity index (χ1n) is 7.23. The van der Waals surface area contributed by atoms with E-state index in [9.17, 15) is 4.79 Å². The Hall–Kier alpha value is -2.11. The Kier molecular flexibility index (Phi) is 3.76. The largest absolute Gasteiger partial charge is 0.294 e. The average Bonchev–Trinajstić information content (AvgIpc) is 2.46. The molecule has 1 aromatic heterocycles. The molecular formula is C19H16ClNO. The number of Topliss-reactive ketones (excluding diaryl/α,β-unsaturated/α-hetero) is 1. The molecule has 0 atom stereocenters. The number of benzene rings is 1. The second-order valence-electron chi connectivity index (χ2n) is 6.39. The first kappa shape index (κ1) is 14.8. The van der Waals surface area contributed by atoms with Gasteiger partial charge in [-0.3, -0.25) is 9.78 Å². The lowest BCUT2D eigenvalue weighted by Crippen LogP contribution is -2.27. The standard InChI is InChI=1S/C19H16ClNO/c1-19(2)10-17-15(18(22)11-19)9-13(12-21-17)7-8-14-5-3-4-6-16(14)20/h3-6,9,12H,10-11H2,1-2H3. The van der Waals surface area contributed by atoms with Crippen LogP contribution >= 0.6 is 11.6 Å². The van der Waals surface area contributed by atoms with Gasteiger partial charge in [0.25, 0.3) is 0 Å². The van der Waals surface area contributed by atoms with E-state index in [2.05, 4.69) is 30.7 Å². The fraction of sp³-hybridized carbons (Fsp3) is 0.263. The second-order valence-corrected chi connectivity index (χ2v) is 6.80. The molecule has 0 bridgehead atoms. The molecule has 2 aromatic rings. The number of hydrogen-bond donors (Lipinski definition) is 0. The van der Waals surface area contributed by atoms with E-state index in [0.717, 1.165) is 23.2 Å². The zero-order valence-electron chi connectivity index (χ0n) is 12.6. The molecule has 0 radical (unpaired) electrons. The van der Waals surface area contributed by atoms with Gasteiger partial charge in [0.05, 0.1) is 10.7 Å². The third-order valence-electron chi connectivity index (χ3n) is 3.77. The van der Waals surface area contributed by atoms with Gasteiger partial charge in [-0.1, -0.05) is 49.4 Å². The van der Waals surface area contributed by atoms with Crippen LogP contribution in [0.5, 0.6) is 0 Å². The van der Waals surface area contributed by atoms with Crippen molar-refractivity contribution in [2.75, 3.05) is 0 Å². The molecule has 0 unspecified atom stereocenters. The molecule has 3 rings (SSSR count). The number of carbonyl (C=O) groups is 1. The molecule has 3 heteroatoms. The van der Waals surface area contributed by atoms with Crippen LogP contribution in [-0.2, 0) is 6.42 Å². The van der Waals surface area contributed by atoms with Crippen molar-refractivity contribution in [3.05, 3.63) is 63.9 Å². The zero-order chi connectivity index (χ0) is 15.7. The highest BCUT2D eigenvalue weighted by molar-refractivity contribution is 6.31. The lowest BCUT2D eigenvalue weighted by molar-refractivity contribution is 0.0910. The number of rotatable bonds is 0. The smallest absolute Gasteiger partial charge is 0.165 e. The van der Waals surface area contributed by atoms with Crippen LogP contribution in [0.3, 0.4) is 0 Å². The minimum Gasteiger partial charge on any atom is -0.294 e. The molecule has 0 N–H and O–H groups in total. The predicted octanol–water partition coefficient (Wildman–Crippen LogP) is 4.29. The van der Waals surface area contributed by atoms with Gasteiger partial charge in [0, 0.05) is 29.3 Å². The summed E-state index contributed by atoms with van der Waals surface area (Å²) in [4.78, 5) is 16.7. The summed E-state index contributed by atoms with van der Waals surface area (Å²) in [6.07, 6.45) is 3.12. The lowest BCUT2D eigenvalue weighted by Gasteiger charge is -2.29. The highest BCUT2D eigenvalue weighted by atomic mass is 35.5. The third kappa shape index (κ3) is 3.05. The van der Waals surface area contributed by atoms with Crippen LogP contribution in [0, 0.1) is 17.3 Å². The van der Waals surface area contributed by atoms with Crippen LogP contribution in [0.25, 0.3) is 0 Å². The highest BCUT2D eigenvalue weighted by Crippen LogP contribution is 2.33. The van der Waals surface area contributed by atoms with E-state index in [4.69, 9.17) is 11.6 Å². The molecule has 0 saturated heterocycles. The minimum atomic E-state index is -0.0121. The Labute approximate surface area is 135 Å². The van der Waals surface area contributed by atoms with Crippen molar-refractivity contribution in [2.45, 2.75) is 26.7 Å². The molecule has 0 fully saturated rings. The van der Waals surface area contributed by atoms with Crippen molar-refractivity contribution in [1.29, 1.82) is 0 Å². The van der Waals surface area contributed by atoms with Gasteiger partial charge in [-0.25, -0.2) is 0 Å². The molecule has 0 saturated carbocycles. The number of carbonyl (C=O) groups excluding carboxylic acids is 1. The van der Waals surface area contributed by atoms with Crippen molar-refractivity contribution in [2.24, 2.45) is 5.41 Å². The molecule has 0 amide bonds. The average molecular weight is 310 g/mol. The summed E-state index contributed by atoms with van der Waals surface area (Å²) in [5.41, 5.74) is 3.10. The number of aromatic nitrogens is 1. The topological polar surface area (TPSA) is 30.0 Å². The number of nitrogens with zero attached hydrogens (tertiary/aromatic N) is 1. The summed E-state index contributed by atoms with van der Waals surface area (Å²) in [6.45, 7) is 4.20. The van der Waals surface area contributed by atoms with Crippen LogP contribution in [0.4, 0.5) is 0 Å². The van der Waals surface area contributed by atoms with Crippen LogP contribution in [0.2, 0.25) is 5.02 Å². The first-order chi connectivity index (χ1) is 10.4. The van der Waals surface area contributed by atoms with E-state index >= 15 is 0 Å². The van der Waals surface area contributed by atoms with E-state index in [0.29, 0.717) is 17.0 Å². The highest BCUT2D eigenvalue weighted by Gasteiger charge is 2.31. The quantitative estimate of drug-likeness (QED) is 0.680. The van der Waals surface area contributed by atoms with E-state index in [-0.39, 0.29) is 11.2 Å². The van der Waals surface area contributed by atoms with Gasteiger partial charge in [-0.05, 0) is 30.0 Å². The normalized spacial score (nSPS) is 15.7. The van der Waals surface area contributed by atoms with Gasteiger partial charge in [-0.15, -0.1) is 0 Å². The molecule has 1 aliphatic carbocycles. The summed E-state index contributed by atoms with van der Waals surface area (Å²) >= 11 is 6.09. The molecule has 1 aromatic carbocycles. The van der Waals surface area contributed by atoms with E-state index in [1.807, 2.05) is 30.3 Å². The van der Waals surface area contributed by atoms with E-state index in [1.165, 1.54) is 0 Å². The maximum absolute atomic E-state index is 12.3. The van der Waals surface area contributed by atoms with E-state index in [1.54, 1.807) is 6.20 Å². The van der Waals surface area contributed by atoms with Gasteiger partial charge < -0.3 is 0 Å². The van der Waals surface area contributed by atoms with Gasteiger partial charge in [0.2, 0.25) is 0 Å². The van der Waals surface area contributed by atoms with Crippen molar-refractivity contribution in [1.82, 2.24) is 4.98 Å². The Morgan fingerprint density at radius 1 is 1.18 bits per heavy atom. The maximum Gasteiger partial charge on any atom is 0.165 e. The minimum absolute atomic E-state index is 0.0121. The maximum atomic E-state index is 12.3. The van der Waals surface area contributed by atoms with Gasteiger partial charge in [0.1, 0.15) is 0 Å². The number of pyridine rings is 1. The number of fused-ring (bicyclic) bond motifs is 1. The number of ketones is 1. The molecule has 110 valence electrons. The Morgan fingerprint density at radius 3 is 2.73 bits per heavy atom. The van der Waals surface area contributed by atoms with Gasteiger partial charge >= 0.3 is 0 Å². The summed E-state index contributed by atoms with van der Waals surface area (Å²) in [5, 5.41) is 0.624. The molecule has 0 spiro atoms. The van der Waals surface area contributed by atoms with Crippen molar-refractivity contribution >= 4 is 17.4 Å². The van der Waals surface area contributed by atoms with Crippen LogP contribution < -0.4 is 0 Å². The monoisotopic (exact) mass is 309 g/mol. The number of halogens is 1. The van der Waals surface area contributed by atoms with Crippen molar-refractivity contribution in [3.8, 4) is 11.8 Å². The van der Waals surface area contributed by atoms with Crippen LogP contribution in [0.1, 0.15) is 47.4 Å². The predicted molar refractivity (Wildman–Crippen MR) is 88.1 cm³/mol. The second kappa shape index (κ2) is 5.59. The number of hydrogen-bond acceptors (Lipinski definition) is 2. The Morgan fingerprint density at radius 2 is 1.95 bits per heavy atom. The molecule has 22 heavy (non-hydrogen) atoms. The van der Waals surface area contributed by atoms with Crippen molar-refractivity contribution in [3.63, 3.8) is 0 Å².